The molecule has 20 heavy (non-hydrogen) atoms. The van der Waals surface area contributed by atoms with Crippen molar-refractivity contribution in [1.82, 2.24) is 19.6 Å². The van der Waals surface area contributed by atoms with Crippen molar-refractivity contribution in [2.75, 3.05) is 32.7 Å². The van der Waals surface area contributed by atoms with Crippen LogP contribution in [0.3, 0.4) is 0 Å². The monoisotopic (exact) mass is 276 g/mol. The first kappa shape index (κ1) is 14.8. The average molecular weight is 276 g/mol. The fraction of sp³-hybridized carbons (Fsp3) is 0.600. The molecule has 0 spiro atoms. The van der Waals surface area contributed by atoms with Crippen LogP contribution in [0.15, 0.2) is 25.0 Å². The van der Waals surface area contributed by atoms with Crippen molar-refractivity contribution in [3.05, 3.63) is 30.6 Å². The summed E-state index contributed by atoms with van der Waals surface area (Å²) in [5.74, 6) is 0.259. The maximum atomic E-state index is 12.3. The number of nitrogens with zero attached hydrogens (tertiary/aromatic N) is 4. The maximum absolute atomic E-state index is 12.3. The third-order valence-electron chi connectivity index (χ3n) is 3.71. The van der Waals surface area contributed by atoms with Crippen molar-refractivity contribution in [3.8, 4) is 0 Å². The molecule has 1 aromatic heterocycles. The Bertz CT molecular complexity index is 454. The number of hydrogen-bond donors (Lipinski definition) is 0. The molecule has 5 heteroatoms. The van der Waals surface area contributed by atoms with E-state index in [2.05, 4.69) is 16.6 Å². The summed E-state index contributed by atoms with van der Waals surface area (Å²) in [5.41, 5.74) is 1.13. The van der Waals surface area contributed by atoms with E-state index >= 15 is 0 Å². The number of carbonyl (C=O) groups excluding carboxylic acids is 1. The molecule has 1 aromatic rings. The van der Waals surface area contributed by atoms with E-state index in [1.807, 2.05) is 30.4 Å². The molecule has 0 aromatic carbocycles. The van der Waals surface area contributed by atoms with Gasteiger partial charge in [0.15, 0.2) is 0 Å². The van der Waals surface area contributed by atoms with Gasteiger partial charge in [-0.05, 0) is 18.4 Å². The zero-order valence-electron chi connectivity index (χ0n) is 12.3. The minimum atomic E-state index is 0.259. The highest BCUT2D eigenvalue weighted by atomic mass is 16.2. The third kappa shape index (κ3) is 4.20. The van der Waals surface area contributed by atoms with Crippen molar-refractivity contribution in [1.29, 1.82) is 0 Å². The summed E-state index contributed by atoms with van der Waals surface area (Å²) in [5, 5.41) is 4.13. The molecule has 2 rings (SSSR count). The van der Waals surface area contributed by atoms with Gasteiger partial charge >= 0.3 is 0 Å². The van der Waals surface area contributed by atoms with Crippen LogP contribution in [0, 0.1) is 0 Å². The van der Waals surface area contributed by atoms with E-state index in [9.17, 15) is 4.79 Å². The molecule has 0 aliphatic carbocycles. The standard InChI is InChI=1S/C15H24N4O/c1-3-7-18-8-4-9-19(11-10-18)15(20)6-5-14-12-16-17(2)13-14/h3,12-13H,1,4-11H2,2H3. The predicted octanol–water partition coefficient (Wildman–Crippen LogP) is 1.07. The third-order valence-corrected chi connectivity index (χ3v) is 3.71. The summed E-state index contributed by atoms with van der Waals surface area (Å²) < 4.78 is 1.78. The Morgan fingerprint density at radius 1 is 1.40 bits per heavy atom. The minimum absolute atomic E-state index is 0.259. The second-order valence-corrected chi connectivity index (χ2v) is 5.35. The van der Waals surface area contributed by atoms with Crippen molar-refractivity contribution >= 4 is 5.91 Å². The van der Waals surface area contributed by atoms with Crippen molar-refractivity contribution in [2.24, 2.45) is 7.05 Å². The molecular weight excluding hydrogens is 252 g/mol. The minimum Gasteiger partial charge on any atom is -0.341 e. The lowest BCUT2D eigenvalue weighted by atomic mass is 10.2. The fourth-order valence-electron chi connectivity index (χ4n) is 2.60. The van der Waals surface area contributed by atoms with Crippen molar-refractivity contribution < 1.29 is 4.79 Å². The van der Waals surface area contributed by atoms with Gasteiger partial charge in [-0.25, -0.2) is 0 Å². The highest BCUT2D eigenvalue weighted by Gasteiger charge is 2.18. The lowest BCUT2D eigenvalue weighted by molar-refractivity contribution is -0.131. The largest absolute Gasteiger partial charge is 0.341 e. The van der Waals surface area contributed by atoms with E-state index in [4.69, 9.17) is 0 Å². The van der Waals surface area contributed by atoms with Crippen LogP contribution in [-0.2, 0) is 18.3 Å². The second-order valence-electron chi connectivity index (χ2n) is 5.35. The highest BCUT2D eigenvalue weighted by molar-refractivity contribution is 5.76. The Balaban J connectivity index is 1.78. The number of aryl methyl sites for hydroxylation is 2. The molecule has 0 unspecified atom stereocenters. The fourth-order valence-corrected chi connectivity index (χ4v) is 2.60. The first-order chi connectivity index (χ1) is 9.69. The smallest absolute Gasteiger partial charge is 0.222 e. The number of rotatable bonds is 5. The predicted molar refractivity (Wildman–Crippen MR) is 79.4 cm³/mol. The molecule has 1 aliphatic heterocycles. The molecule has 0 bridgehead atoms. The van der Waals surface area contributed by atoms with Gasteiger partial charge < -0.3 is 4.90 Å². The number of aromatic nitrogens is 2. The van der Waals surface area contributed by atoms with Gasteiger partial charge in [-0.2, -0.15) is 5.10 Å². The quantitative estimate of drug-likeness (QED) is 0.756. The van der Waals surface area contributed by atoms with Crippen LogP contribution >= 0.6 is 0 Å². The Kier molecular flexibility index (Phi) is 5.35. The number of carbonyl (C=O) groups is 1. The molecular formula is C15H24N4O. The van der Waals surface area contributed by atoms with Crippen molar-refractivity contribution in [3.63, 3.8) is 0 Å². The Labute approximate surface area is 120 Å². The summed E-state index contributed by atoms with van der Waals surface area (Å²) in [6.45, 7) is 8.40. The zero-order chi connectivity index (χ0) is 14.4. The maximum Gasteiger partial charge on any atom is 0.222 e. The van der Waals surface area contributed by atoms with Crippen LogP contribution in [0.2, 0.25) is 0 Å². The zero-order valence-corrected chi connectivity index (χ0v) is 12.3. The number of hydrogen-bond acceptors (Lipinski definition) is 3. The molecule has 2 heterocycles. The first-order valence-electron chi connectivity index (χ1n) is 7.27. The molecule has 0 N–H and O–H groups in total. The summed E-state index contributed by atoms with van der Waals surface area (Å²) in [4.78, 5) is 16.6. The van der Waals surface area contributed by atoms with Crippen LogP contribution in [0.1, 0.15) is 18.4 Å². The van der Waals surface area contributed by atoms with E-state index in [1.165, 1.54) is 0 Å². The molecule has 0 saturated carbocycles. The summed E-state index contributed by atoms with van der Waals surface area (Å²) in [7, 11) is 1.90. The van der Waals surface area contributed by atoms with E-state index in [0.29, 0.717) is 6.42 Å². The van der Waals surface area contributed by atoms with Crippen LogP contribution in [-0.4, -0.2) is 58.2 Å². The second kappa shape index (κ2) is 7.24. The first-order valence-corrected chi connectivity index (χ1v) is 7.27. The Morgan fingerprint density at radius 3 is 2.95 bits per heavy atom. The summed E-state index contributed by atoms with van der Waals surface area (Å²) in [6, 6.07) is 0. The molecule has 0 atom stereocenters. The average Bonchev–Trinajstić information content (AvgIpc) is 2.71. The molecule has 0 radical (unpaired) electrons. The Hall–Kier alpha value is -1.62. The van der Waals surface area contributed by atoms with Gasteiger partial charge in [0, 0.05) is 52.4 Å². The lowest BCUT2D eigenvalue weighted by Gasteiger charge is -2.21. The summed E-state index contributed by atoms with van der Waals surface area (Å²) >= 11 is 0. The van der Waals surface area contributed by atoms with Gasteiger partial charge in [-0.1, -0.05) is 6.08 Å². The van der Waals surface area contributed by atoms with Crippen LogP contribution in [0.25, 0.3) is 0 Å². The van der Waals surface area contributed by atoms with Gasteiger partial charge in [0.25, 0.3) is 0 Å². The molecule has 1 amide bonds. The summed E-state index contributed by atoms with van der Waals surface area (Å²) in [6.07, 6.45) is 8.14. The van der Waals surface area contributed by atoms with Crippen LogP contribution in [0.4, 0.5) is 0 Å². The molecule has 1 fully saturated rings. The van der Waals surface area contributed by atoms with E-state index < -0.39 is 0 Å². The van der Waals surface area contributed by atoms with Gasteiger partial charge in [0.1, 0.15) is 0 Å². The Morgan fingerprint density at radius 2 is 2.25 bits per heavy atom. The van der Waals surface area contributed by atoms with Gasteiger partial charge in [0.05, 0.1) is 6.20 Å². The number of amides is 1. The van der Waals surface area contributed by atoms with E-state index in [-0.39, 0.29) is 5.91 Å². The topological polar surface area (TPSA) is 41.4 Å². The SMILES string of the molecule is C=CCN1CCCN(C(=O)CCc2cnn(C)c2)CC1. The molecule has 1 aliphatic rings. The van der Waals surface area contributed by atoms with Crippen LogP contribution in [0.5, 0.6) is 0 Å². The van der Waals surface area contributed by atoms with Gasteiger partial charge in [-0.3, -0.25) is 14.4 Å². The lowest BCUT2D eigenvalue weighted by Crippen LogP contribution is -2.35. The molecule has 110 valence electrons. The highest BCUT2D eigenvalue weighted by Crippen LogP contribution is 2.08. The van der Waals surface area contributed by atoms with E-state index in [1.54, 1.807) is 4.68 Å². The molecule has 1 saturated heterocycles. The van der Waals surface area contributed by atoms with Crippen molar-refractivity contribution in [2.45, 2.75) is 19.3 Å². The molecule has 5 nitrogen and oxygen atoms in total. The van der Waals surface area contributed by atoms with Gasteiger partial charge in [0.2, 0.25) is 5.91 Å². The van der Waals surface area contributed by atoms with E-state index in [0.717, 1.165) is 51.1 Å². The normalized spacial score (nSPS) is 16.9. The van der Waals surface area contributed by atoms with Crippen LogP contribution < -0.4 is 0 Å². The van der Waals surface area contributed by atoms with Gasteiger partial charge in [-0.15, -0.1) is 6.58 Å².